The fraction of sp³-hybridized carbons (Fsp3) is 0.0741. The van der Waals surface area contributed by atoms with Crippen LogP contribution in [-0.2, 0) is 19.6 Å². The fourth-order valence-electron chi connectivity index (χ4n) is 3.02. The predicted molar refractivity (Wildman–Crippen MR) is 136 cm³/mol. The minimum absolute atomic E-state index is 0.0220. The summed E-state index contributed by atoms with van der Waals surface area (Å²) in [6.07, 6.45) is 0. The molecule has 0 aliphatic heterocycles. The van der Waals surface area contributed by atoms with Crippen LogP contribution < -0.4 is 14.8 Å². The molecular weight excluding hydrogens is 478 g/mol. The van der Waals surface area contributed by atoms with E-state index in [1.807, 2.05) is 13.0 Å². The minimum Gasteiger partial charge on any atom is -0.423 e. The normalized spacial score (nSPS) is 11.5. The zero-order valence-corrected chi connectivity index (χ0v) is 20.4. The Hall–Kier alpha value is -4.68. The molecule has 3 rings (SSSR count). The number of ether oxygens (including phenoxy) is 1. The molecule has 0 saturated heterocycles. The van der Waals surface area contributed by atoms with E-state index in [1.54, 1.807) is 48.5 Å². The van der Waals surface area contributed by atoms with E-state index < -0.39 is 27.5 Å². The standard InChI is InChI=1S/C27H23N3O5S/c1-18(2)27(32)35-22-11-7-10-21(16-22)29-26(31)24(17-28)25(20-8-5-4-6-9-20)30-36(33,34)23-14-12-19(3)13-15-23/h4-16,30H,1H2,2-3H3,(H,29,31). The van der Waals surface area contributed by atoms with Crippen molar-refractivity contribution >= 4 is 33.3 Å². The molecule has 182 valence electrons. The smallest absolute Gasteiger partial charge is 0.338 e. The molecule has 36 heavy (non-hydrogen) atoms. The number of hydrogen-bond donors (Lipinski definition) is 2. The van der Waals surface area contributed by atoms with Gasteiger partial charge in [-0.25, -0.2) is 13.2 Å². The number of hydrogen-bond acceptors (Lipinski definition) is 6. The van der Waals surface area contributed by atoms with Crippen LogP contribution in [0.15, 0.2) is 101 Å². The van der Waals surface area contributed by atoms with E-state index in [-0.39, 0.29) is 27.6 Å². The summed E-state index contributed by atoms with van der Waals surface area (Å²) < 4.78 is 33.7. The SMILES string of the molecule is C=C(C)C(=O)Oc1cccc(NC(=O)C(C#N)=C(NS(=O)(=O)c2ccc(C)cc2)c2ccccc2)c1. The van der Waals surface area contributed by atoms with Gasteiger partial charge in [0.2, 0.25) is 0 Å². The Morgan fingerprint density at radius 1 is 0.972 bits per heavy atom. The van der Waals surface area contributed by atoms with E-state index in [9.17, 15) is 23.3 Å². The number of nitrogens with zero attached hydrogens (tertiary/aromatic N) is 1. The number of nitrogens with one attached hydrogen (secondary N) is 2. The minimum atomic E-state index is -4.12. The number of nitriles is 1. The molecule has 9 heteroatoms. The number of anilines is 1. The molecule has 3 aromatic carbocycles. The predicted octanol–water partition coefficient (Wildman–Crippen LogP) is 4.33. The number of rotatable bonds is 8. The highest BCUT2D eigenvalue weighted by Gasteiger charge is 2.23. The first kappa shape index (κ1) is 25.9. The van der Waals surface area contributed by atoms with Gasteiger partial charge in [0, 0.05) is 22.9 Å². The molecule has 1 amide bonds. The quantitative estimate of drug-likeness (QED) is 0.205. The maximum Gasteiger partial charge on any atom is 0.338 e. The van der Waals surface area contributed by atoms with Crippen LogP contribution in [0.2, 0.25) is 0 Å². The zero-order valence-electron chi connectivity index (χ0n) is 19.6. The molecular formula is C27H23N3O5S. The second-order valence-corrected chi connectivity index (χ2v) is 9.48. The first-order valence-corrected chi connectivity index (χ1v) is 12.2. The Kier molecular flexibility index (Phi) is 8.04. The molecule has 2 N–H and O–H groups in total. The Labute approximate surface area is 209 Å². The number of esters is 1. The van der Waals surface area contributed by atoms with Crippen LogP contribution in [-0.4, -0.2) is 20.3 Å². The summed E-state index contributed by atoms with van der Waals surface area (Å²) in [6, 6.07) is 22.1. The summed E-state index contributed by atoms with van der Waals surface area (Å²) in [5.74, 6) is -1.33. The summed E-state index contributed by atoms with van der Waals surface area (Å²) in [6.45, 7) is 6.84. The molecule has 0 atom stereocenters. The van der Waals surface area contributed by atoms with Gasteiger partial charge in [-0.3, -0.25) is 9.52 Å². The van der Waals surface area contributed by atoms with Crippen LogP contribution in [0.25, 0.3) is 5.70 Å². The Balaban J connectivity index is 1.99. The lowest BCUT2D eigenvalue weighted by atomic mass is 10.1. The largest absolute Gasteiger partial charge is 0.423 e. The molecule has 0 radical (unpaired) electrons. The number of benzene rings is 3. The molecule has 0 fully saturated rings. The maximum absolute atomic E-state index is 13.1. The molecule has 0 unspecified atom stereocenters. The molecule has 0 heterocycles. The van der Waals surface area contributed by atoms with Crippen molar-refractivity contribution in [1.82, 2.24) is 4.72 Å². The first-order valence-electron chi connectivity index (χ1n) is 10.7. The third-order valence-corrected chi connectivity index (χ3v) is 6.24. The van der Waals surface area contributed by atoms with Crippen molar-refractivity contribution in [3.05, 3.63) is 108 Å². The molecule has 0 spiro atoms. The average Bonchev–Trinajstić information content (AvgIpc) is 2.84. The highest BCUT2D eigenvalue weighted by atomic mass is 32.2. The Bertz CT molecular complexity index is 1490. The third-order valence-electron chi connectivity index (χ3n) is 4.87. The van der Waals surface area contributed by atoms with Crippen LogP contribution in [0.4, 0.5) is 5.69 Å². The van der Waals surface area contributed by atoms with Gasteiger partial charge in [-0.15, -0.1) is 0 Å². The summed E-state index contributed by atoms with van der Waals surface area (Å²) in [5, 5.41) is 12.4. The maximum atomic E-state index is 13.1. The lowest BCUT2D eigenvalue weighted by molar-refractivity contribution is -0.130. The van der Waals surface area contributed by atoms with E-state index in [1.165, 1.54) is 37.3 Å². The summed E-state index contributed by atoms with van der Waals surface area (Å²) in [5.41, 5.74) is 0.994. The average molecular weight is 502 g/mol. The Morgan fingerprint density at radius 3 is 2.25 bits per heavy atom. The topological polar surface area (TPSA) is 125 Å². The van der Waals surface area contributed by atoms with Crippen LogP contribution >= 0.6 is 0 Å². The van der Waals surface area contributed by atoms with Gasteiger partial charge in [-0.05, 0) is 38.1 Å². The van der Waals surface area contributed by atoms with Crippen LogP contribution in [0.5, 0.6) is 5.75 Å². The summed E-state index contributed by atoms with van der Waals surface area (Å²) in [7, 11) is -4.12. The van der Waals surface area contributed by atoms with Crippen molar-refractivity contribution in [3.63, 3.8) is 0 Å². The van der Waals surface area contributed by atoms with Crippen molar-refractivity contribution in [1.29, 1.82) is 5.26 Å². The van der Waals surface area contributed by atoms with Gasteiger partial charge in [-0.1, -0.05) is 60.7 Å². The lowest BCUT2D eigenvalue weighted by Crippen LogP contribution is -2.26. The van der Waals surface area contributed by atoms with Crippen molar-refractivity contribution in [3.8, 4) is 11.8 Å². The van der Waals surface area contributed by atoms with E-state index in [2.05, 4.69) is 16.6 Å². The van der Waals surface area contributed by atoms with E-state index in [0.29, 0.717) is 5.56 Å². The molecule has 0 aliphatic rings. The molecule has 8 nitrogen and oxygen atoms in total. The van der Waals surface area contributed by atoms with Crippen molar-refractivity contribution < 1.29 is 22.7 Å². The second-order valence-electron chi connectivity index (χ2n) is 7.80. The van der Waals surface area contributed by atoms with Gasteiger partial charge in [0.15, 0.2) is 0 Å². The van der Waals surface area contributed by atoms with Gasteiger partial charge < -0.3 is 10.1 Å². The molecule has 0 aliphatic carbocycles. The van der Waals surface area contributed by atoms with Crippen LogP contribution in [0.1, 0.15) is 18.1 Å². The summed E-state index contributed by atoms with van der Waals surface area (Å²) in [4.78, 5) is 24.9. The summed E-state index contributed by atoms with van der Waals surface area (Å²) >= 11 is 0. The highest BCUT2D eigenvalue weighted by Crippen LogP contribution is 2.23. The fourth-order valence-corrected chi connectivity index (χ4v) is 4.12. The van der Waals surface area contributed by atoms with Crippen molar-refractivity contribution in [2.45, 2.75) is 18.7 Å². The zero-order chi connectivity index (χ0) is 26.3. The van der Waals surface area contributed by atoms with E-state index in [4.69, 9.17) is 4.74 Å². The monoisotopic (exact) mass is 501 g/mol. The van der Waals surface area contributed by atoms with Gasteiger partial charge >= 0.3 is 5.97 Å². The first-order chi connectivity index (χ1) is 17.1. The molecule has 0 saturated carbocycles. The van der Waals surface area contributed by atoms with Crippen LogP contribution in [0.3, 0.4) is 0 Å². The van der Waals surface area contributed by atoms with E-state index in [0.717, 1.165) is 5.56 Å². The van der Waals surface area contributed by atoms with Gasteiger partial charge in [0.1, 0.15) is 17.4 Å². The number of sulfonamides is 1. The number of aryl methyl sites for hydroxylation is 1. The highest BCUT2D eigenvalue weighted by molar-refractivity contribution is 7.89. The second kappa shape index (κ2) is 11.2. The lowest BCUT2D eigenvalue weighted by Gasteiger charge is -2.15. The van der Waals surface area contributed by atoms with Crippen molar-refractivity contribution in [2.75, 3.05) is 5.32 Å². The number of amides is 1. The van der Waals surface area contributed by atoms with Crippen molar-refractivity contribution in [2.24, 2.45) is 0 Å². The molecule has 3 aromatic rings. The molecule has 0 aromatic heterocycles. The molecule has 0 bridgehead atoms. The number of carbonyl (C=O) groups is 2. The van der Waals surface area contributed by atoms with Gasteiger partial charge in [-0.2, -0.15) is 5.26 Å². The third kappa shape index (κ3) is 6.46. The Morgan fingerprint density at radius 2 is 1.64 bits per heavy atom. The van der Waals surface area contributed by atoms with Gasteiger partial charge in [0.05, 0.1) is 10.6 Å². The van der Waals surface area contributed by atoms with Crippen LogP contribution in [0, 0.1) is 18.3 Å². The number of carbonyl (C=O) groups excluding carboxylic acids is 2. The van der Waals surface area contributed by atoms with E-state index >= 15 is 0 Å². The van der Waals surface area contributed by atoms with Gasteiger partial charge in [0.25, 0.3) is 15.9 Å².